The Morgan fingerprint density at radius 2 is 2.21 bits per heavy atom. The molecule has 0 bridgehead atoms. The van der Waals surface area contributed by atoms with Crippen LogP contribution in [0.2, 0.25) is 0 Å². The molecule has 0 radical (unpaired) electrons. The number of nitrogens with one attached hydrogen (secondary N) is 1. The zero-order chi connectivity index (χ0) is 13.9. The van der Waals surface area contributed by atoms with Crippen molar-refractivity contribution < 1.29 is 13.2 Å². The minimum atomic E-state index is -2.87. The molecule has 1 heterocycles. The van der Waals surface area contributed by atoms with Crippen molar-refractivity contribution in [1.29, 1.82) is 0 Å². The van der Waals surface area contributed by atoms with Gasteiger partial charge in [0, 0.05) is 24.5 Å². The van der Waals surface area contributed by atoms with Crippen LogP contribution in [0.3, 0.4) is 0 Å². The van der Waals surface area contributed by atoms with Crippen LogP contribution in [-0.2, 0) is 16.3 Å². The van der Waals surface area contributed by atoms with E-state index >= 15 is 0 Å². The number of fused-ring (bicyclic) bond motifs is 1. The van der Waals surface area contributed by atoms with Crippen LogP contribution in [0.25, 0.3) is 0 Å². The highest BCUT2D eigenvalue weighted by Crippen LogP contribution is 2.29. The van der Waals surface area contributed by atoms with Crippen molar-refractivity contribution in [2.24, 2.45) is 0 Å². The van der Waals surface area contributed by atoms with Crippen molar-refractivity contribution in [3.05, 3.63) is 29.3 Å². The molecule has 1 N–H and O–H groups in total. The van der Waals surface area contributed by atoms with Gasteiger partial charge in [0.05, 0.1) is 6.61 Å². The van der Waals surface area contributed by atoms with E-state index in [0.29, 0.717) is 6.42 Å². The second kappa shape index (κ2) is 5.92. The molecule has 0 saturated heterocycles. The molecule has 1 aromatic rings. The Morgan fingerprint density at radius 1 is 1.42 bits per heavy atom. The van der Waals surface area contributed by atoms with Gasteiger partial charge in [-0.05, 0) is 37.1 Å². The lowest BCUT2D eigenvalue weighted by atomic mass is 9.99. The molecule has 0 spiro atoms. The van der Waals surface area contributed by atoms with Crippen LogP contribution in [0.5, 0.6) is 5.75 Å². The highest BCUT2D eigenvalue weighted by molar-refractivity contribution is 7.90. The average Bonchev–Trinajstić information content (AvgIpc) is 2.80. The minimum absolute atomic E-state index is 0.202. The fourth-order valence-electron chi connectivity index (χ4n) is 2.45. The number of sulfone groups is 1. The van der Waals surface area contributed by atoms with Gasteiger partial charge in [-0.2, -0.15) is 0 Å². The number of benzene rings is 1. The smallest absolute Gasteiger partial charge is 0.147 e. The monoisotopic (exact) mass is 283 g/mol. The molecular weight excluding hydrogens is 262 g/mol. The fraction of sp³-hybridized carbons (Fsp3) is 0.571. The number of hydrogen-bond donors (Lipinski definition) is 1. The van der Waals surface area contributed by atoms with Crippen LogP contribution < -0.4 is 10.1 Å². The van der Waals surface area contributed by atoms with Gasteiger partial charge in [0.15, 0.2) is 0 Å². The van der Waals surface area contributed by atoms with Crippen molar-refractivity contribution in [3.63, 3.8) is 0 Å². The molecule has 1 aliphatic heterocycles. The lowest BCUT2D eigenvalue weighted by molar-refractivity contribution is 0.356. The SMILES string of the molecule is CNC(CCCS(C)(=O)=O)c1ccc2c(c1)CCO2. The van der Waals surface area contributed by atoms with E-state index in [0.717, 1.165) is 25.2 Å². The summed E-state index contributed by atoms with van der Waals surface area (Å²) < 4.78 is 27.8. The minimum Gasteiger partial charge on any atom is -0.493 e. The van der Waals surface area contributed by atoms with Gasteiger partial charge in [0.25, 0.3) is 0 Å². The van der Waals surface area contributed by atoms with Crippen molar-refractivity contribution in [2.45, 2.75) is 25.3 Å². The number of hydrogen-bond acceptors (Lipinski definition) is 4. The molecule has 19 heavy (non-hydrogen) atoms. The predicted octanol–water partition coefficient (Wildman–Crippen LogP) is 1.71. The summed E-state index contributed by atoms with van der Waals surface area (Å²) in [5, 5.41) is 3.26. The molecule has 2 rings (SSSR count). The van der Waals surface area contributed by atoms with E-state index in [1.807, 2.05) is 13.1 Å². The molecule has 1 atom stereocenters. The van der Waals surface area contributed by atoms with Crippen molar-refractivity contribution in [3.8, 4) is 5.75 Å². The maximum Gasteiger partial charge on any atom is 0.147 e. The van der Waals surface area contributed by atoms with Gasteiger partial charge in [0.2, 0.25) is 0 Å². The summed E-state index contributed by atoms with van der Waals surface area (Å²) in [6.07, 6.45) is 3.75. The summed E-state index contributed by atoms with van der Waals surface area (Å²) in [4.78, 5) is 0. The Morgan fingerprint density at radius 3 is 2.89 bits per heavy atom. The van der Waals surface area contributed by atoms with Gasteiger partial charge in [-0.15, -0.1) is 0 Å². The third-order valence-electron chi connectivity index (χ3n) is 3.47. The molecule has 1 aromatic carbocycles. The van der Waals surface area contributed by atoms with Crippen LogP contribution in [0.1, 0.15) is 30.0 Å². The maximum atomic E-state index is 11.2. The van der Waals surface area contributed by atoms with Gasteiger partial charge in [-0.1, -0.05) is 12.1 Å². The van der Waals surface area contributed by atoms with Crippen LogP contribution in [0, 0.1) is 0 Å². The molecule has 1 aliphatic rings. The molecule has 0 amide bonds. The third-order valence-corrected chi connectivity index (χ3v) is 4.50. The normalized spacial score (nSPS) is 15.9. The summed E-state index contributed by atoms with van der Waals surface area (Å²) in [5.41, 5.74) is 2.46. The molecular formula is C14H21NO3S. The molecule has 4 nitrogen and oxygen atoms in total. The van der Waals surface area contributed by atoms with Crippen molar-refractivity contribution in [2.75, 3.05) is 25.7 Å². The van der Waals surface area contributed by atoms with E-state index in [2.05, 4.69) is 17.4 Å². The molecule has 1 unspecified atom stereocenters. The van der Waals surface area contributed by atoms with Crippen molar-refractivity contribution >= 4 is 9.84 Å². The second-order valence-electron chi connectivity index (χ2n) is 5.08. The highest BCUT2D eigenvalue weighted by atomic mass is 32.2. The summed E-state index contributed by atoms with van der Waals surface area (Å²) in [7, 11) is -0.956. The van der Waals surface area contributed by atoms with Crippen molar-refractivity contribution in [1.82, 2.24) is 5.32 Å². The van der Waals surface area contributed by atoms with Crippen LogP contribution in [0.15, 0.2) is 18.2 Å². The van der Waals surface area contributed by atoms with Gasteiger partial charge in [0.1, 0.15) is 15.6 Å². The first kappa shape index (κ1) is 14.3. The largest absolute Gasteiger partial charge is 0.493 e. The first-order valence-corrected chi connectivity index (χ1v) is 8.66. The topological polar surface area (TPSA) is 55.4 Å². The lowest BCUT2D eigenvalue weighted by Crippen LogP contribution is -2.17. The Kier molecular flexibility index (Phi) is 4.47. The zero-order valence-electron chi connectivity index (χ0n) is 11.5. The number of ether oxygens (including phenoxy) is 1. The van der Waals surface area contributed by atoms with Gasteiger partial charge in [-0.3, -0.25) is 0 Å². The molecule has 106 valence electrons. The standard InChI is InChI=1S/C14H21NO3S/c1-15-13(4-3-9-19(2,16)17)11-5-6-14-12(10-11)7-8-18-14/h5-6,10,13,15H,3-4,7-9H2,1-2H3. The average molecular weight is 283 g/mol. The van der Waals surface area contributed by atoms with Crippen LogP contribution in [-0.4, -0.2) is 34.1 Å². The fourth-order valence-corrected chi connectivity index (χ4v) is 3.14. The summed E-state index contributed by atoms with van der Waals surface area (Å²) in [5.74, 6) is 1.23. The second-order valence-corrected chi connectivity index (χ2v) is 7.34. The van der Waals surface area contributed by atoms with E-state index < -0.39 is 9.84 Å². The van der Waals surface area contributed by atoms with Gasteiger partial charge >= 0.3 is 0 Å². The molecule has 0 fully saturated rings. The first-order valence-electron chi connectivity index (χ1n) is 6.60. The van der Waals surface area contributed by atoms with Gasteiger partial charge < -0.3 is 10.1 Å². The molecule has 5 heteroatoms. The van der Waals surface area contributed by atoms with E-state index in [1.54, 1.807) is 0 Å². The van der Waals surface area contributed by atoms with E-state index in [4.69, 9.17) is 4.74 Å². The van der Waals surface area contributed by atoms with Gasteiger partial charge in [-0.25, -0.2) is 8.42 Å². The summed E-state index contributed by atoms with van der Waals surface area (Å²) >= 11 is 0. The lowest BCUT2D eigenvalue weighted by Gasteiger charge is -2.17. The Bertz CT molecular complexity index is 540. The molecule has 0 aliphatic carbocycles. The van der Waals surface area contributed by atoms with E-state index in [-0.39, 0.29) is 11.8 Å². The van der Waals surface area contributed by atoms with E-state index in [9.17, 15) is 8.42 Å². The highest BCUT2D eigenvalue weighted by Gasteiger charge is 2.16. The van der Waals surface area contributed by atoms with E-state index in [1.165, 1.54) is 17.4 Å². The van der Waals surface area contributed by atoms with Crippen LogP contribution >= 0.6 is 0 Å². The Labute approximate surface area is 115 Å². The van der Waals surface area contributed by atoms with Crippen LogP contribution in [0.4, 0.5) is 0 Å². The molecule has 0 saturated carbocycles. The Balaban J connectivity index is 2.01. The third kappa shape index (κ3) is 3.94. The quantitative estimate of drug-likeness (QED) is 0.863. The predicted molar refractivity (Wildman–Crippen MR) is 76.4 cm³/mol. The Hall–Kier alpha value is -1.07. The maximum absolute atomic E-state index is 11.2. The zero-order valence-corrected chi connectivity index (χ0v) is 12.3. The first-order chi connectivity index (χ1) is 8.99. The summed E-state index contributed by atoms with van der Waals surface area (Å²) in [6.45, 7) is 0.761. The molecule has 0 aromatic heterocycles. The number of rotatable bonds is 6. The summed E-state index contributed by atoms with van der Waals surface area (Å²) in [6, 6.07) is 6.45.